The van der Waals surface area contributed by atoms with E-state index in [1.165, 1.54) is 12.3 Å². The number of rotatable bonds is 11. The van der Waals surface area contributed by atoms with E-state index in [0.29, 0.717) is 24.9 Å². The van der Waals surface area contributed by atoms with Crippen LogP contribution in [0.25, 0.3) is 11.3 Å². The molecule has 0 bridgehead atoms. The Labute approximate surface area is 207 Å². The first-order chi connectivity index (χ1) is 17.5. The normalized spacial score (nSPS) is 11.4. The molecule has 0 aliphatic carbocycles. The number of nitrogens with zero attached hydrogens (tertiary/aromatic N) is 4. The first-order valence-electron chi connectivity index (χ1n) is 11.3. The summed E-state index contributed by atoms with van der Waals surface area (Å²) in [6.45, 7) is 1.04. The molecule has 0 spiro atoms. The number of aromatic nitrogens is 3. The molecule has 10 nitrogen and oxygen atoms in total. The lowest BCUT2D eigenvalue weighted by atomic mass is 9.88. The second-order valence-electron chi connectivity index (χ2n) is 8.03. The molecular formula is C26H25N7O3. The van der Waals surface area contributed by atoms with Crippen LogP contribution in [0.4, 0.5) is 17.5 Å². The highest BCUT2D eigenvalue weighted by Gasteiger charge is 2.17. The van der Waals surface area contributed by atoms with Gasteiger partial charge in [0.25, 0.3) is 5.69 Å². The van der Waals surface area contributed by atoms with E-state index in [9.17, 15) is 14.9 Å². The first-order valence-corrected chi connectivity index (χ1v) is 11.3. The van der Waals surface area contributed by atoms with Crippen molar-refractivity contribution in [2.75, 3.05) is 23.7 Å². The van der Waals surface area contributed by atoms with E-state index >= 15 is 0 Å². The number of nitrogens with one attached hydrogen (secondary N) is 2. The molecule has 0 radical (unpaired) electrons. The van der Waals surface area contributed by atoms with Crippen LogP contribution in [0.5, 0.6) is 0 Å². The van der Waals surface area contributed by atoms with Gasteiger partial charge in [-0.05, 0) is 23.3 Å². The number of nitro groups is 1. The molecule has 0 saturated carbocycles. The van der Waals surface area contributed by atoms with Crippen LogP contribution >= 0.6 is 0 Å². The van der Waals surface area contributed by atoms with Crippen LogP contribution in [0.2, 0.25) is 0 Å². The summed E-state index contributed by atoms with van der Waals surface area (Å²) in [7, 11) is 0. The second kappa shape index (κ2) is 11.5. The third kappa shape index (κ3) is 6.38. The van der Waals surface area contributed by atoms with E-state index in [0.717, 1.165) is 22.4 Å². The Morgan fingerprint density at radius 1 is 0.917 bits per heavy atom. The van der Waals surface area contributed by atoms with Crippen molar-refractivity contribution in [1.29, 1.82) is 0 Å². The van der Waals surface area contributed by atoms with Crippen molar-refractivity contribution in [2.45, 2.75) is 12.3 Å². The Bertz CT molecular complexity index is 1310. The molecule has 4 rings (SSSR count). The molecule has 1 atom stereocenters. The van der Waals surface area contributed by atoms with Crippen molar-refractivity contribution in [3.05, 3.63) is 106 Å². The smallest absolute Gasteiger partial charge is 0.287 e. The minimum Gasteiger partial charge on any atom is -0.370 e. The van der Waals surface area contributed by atoms with Crippen molar-refractivity contribution < 1.29 is 9.72 Å². The van der Waals surface area contributed by atoms with Gasteiger partial charge in [0.2, 0.25) is 11.9 Å². The number of anilines is 2. The summed E-state index contributed by atoms with van der Waals surface area (Å²) in [6, 6.07) is 22.6. The fourth-order valence-electron chi connectivity index (χ4n) is 3.77. The molecule has 0 fully saturated rings. The maximum Gasteiger partial charge on any atom is 0.287 e. The Hall–Kier alpha value is -4.86. The number of nitrogens with two attached hydrogens (primary N) is 1. The van der Waals surface area contributed by atoms with Gasteiger partial charge in [0, 0.05) is 43.3 Å². The predicted molar refractivity (Wildman–Crippen MR) is 137 cm³/mol. The molecule has 2 aromatic carbocycles. The zero-order valence-electron chi connectivity index (χ0n) is 19.4. The van der Waals surface area contributed by atoms with E-state index in [-0.39, 0.29) is 23.9 Å². The van der Waals surface area contributed by atoms with Gasteiger partial charge in [-0.15, -0.1) is 0 Å². The van der Waals surface area contributed by atoms with Crippen molar-refractivity contribution in [1.82, 2.24) is 15.0 Å². The van der Waals surface area contributed by atoms with Gasteiger partial charge in [0.15, 0.2) is 0 Å². The summed E-state index contributed by atoms with van der Waals surface area (Å²) in [5, 5.41) is 16.9. The Kier molecular flexibility index (Phi) is 7.76. The number of hydrogen-bond donors (Lipinski definition) is 3. The van der Waals surface area contributed by atoms with Crippen molar-refractivity contribution in [2.24, 2.45) is 5.73 Å². The summed E-state index contributed by atoms with van der Waals surface area (Å²) in [6.07, 6.45) is 3.13. The summed E-state index contributed by atoms with van der Waals surface area (Å²) in [5.41, 5.74) is 9.17. The topological polar surface area (TPSA) is 149 Å². The quantitative estimate of drug-likeness (QED) is 0.165. The lowest BCUT2D eigenvalue weighted by molar-refractivity contribution is -0.385. The van der Waals surface area contributed by atoms with Crippen LogP contribution in [0.1, 0.15) is 23.5 Å². The Morgan fingerprint density at radius 3 is 2.31 bits per heavy atom. The molecule has 182 valence electrons. The van der Waals surface area contributed by atoms with E-state index in [1.807, 2.05) is 60.7 Å². The van der Waals surface area contributed by atoms with E-state index in [2.05, 4.69) is 25.6 Å². The standard InChI is InChI=1S/C26H25N7O3/c27-24(34)16-22(18-4-2-1-3-5-18)19-6-8-20(9-7-19)23-12-13-29-26(32-23)30-15-14-28-25-11-10-21(17-31-25)33(35)36/h1-13,17,22H,14-16H2,(H2,27,34)(H,28,31)(H,29,30,32). The van der Waals surface area contributed by atoms with Crippen LogP contribution in [-0.2, 0) is 4.79 Å². The number of hydrogen-bond acceptors (Lipinski definition) is 8. The van der Waals surface area contributed by atoms with Gasteiger partial charge in [-0.2, -0.15) is 0 Å². The van der Waals surface area contributed by atoms with Crippen LogP contribution in [-0.4, -0.2) is 38.9 Å². The summed E-state index contributed by atoms with van der Waals surface area (Å²) in [4.78, 5) is 34.8. The molecule has 0 aliphatic heterocycles. The number of primary amides is 1. The molecule has 1 unspecified atom stereocenters. The largest absolute Gasteiger partial charge is 0.370 e. The van der Waals surface area contributed by atoms with Crippen molar-refractivity contribution in [3.8, 4) is 11.3 Å². The lowest BCUT2D eigenvalue weighted by Crippen LogP contribution is -2.16. The minimum atomic E-state index is -0.487. The van der Waals surface area contributed by atoms with E-state index in [4.69, 9.17) is 5.73 Å². The van der Waals surface area contributed by atoms with Crippen molar-refractivity contribution in [3.63, 3.8) is 0 Å². The zero-order chi connectivity index (χ0) is 25.3. The van der Waals surface area contributed by atoms with Gasteiger partial charge in [-0.25, -0.2) is 15.0 Å². The number of carbonyl (C=O) groups excluding carboxylic acids is 1. The molecule has 4 N–H and O–H groups in total. The van der Waals surface area contributed by atoms with Gasteiger partial charge >= 0.3 is 0 Å². The van der Waals surface area contributed by atoms with Crippen LogP contribution in [0.15, 0.2) is 85.2 Å². The van der Waals surface area contributed by atoms with E-state index < -0.39 is 4.92 Å². The van der Waals surface area contributed by atoms with Crippen LogP contribution in [0, 0.1) is 10.1 Å². The number of amides is 1. The first kappa shape index (κ1) is 24.3. The Balaban J connectivity index is 1.38. The molecule has 10 heteroatoms. The van der Waals surface area contributed by atoms with E-state index in [1.54, 1.807) is 12.3 Å². The average molecular weight is 484 g/mol. The molecule has 0 aliphatic rings. The molecule has 0 saturated heterocycles. The monoisotopic (exact) mass is 483 g/mol. The molecule has 2 aromatic heterocycles. The van der Waals surface area contributed by atoms with Crippen molar-refractivity contribution >= 4 is 23.4 Å². The minimum absolute atomic E-state index is 0.0552. The predicted octanol–water partition coefficient (Wildman–Crippen LogP) is 3.98. The average Bonchev–Trinajstić information content (AvgIpc) is 2.91. The zero-order valence-corrected chi connectivity index (χ0v) is 19.4. The second-order valence-corrected chi connectivity index (χ2v) is 8.03. The summed E-state index contributed by atoms with van der Waals surface area (Å²) >= 11 is 0. The molecular weight excluding hydrogens is 458 g/mol. The van der Waals surface area contributed by atoms with Crippen LogP contribution < -0.4 is 16.4 Å². The maximum absolute atomic E-state index is 11.7. The number of pyridine rings is 1. The lowest BCUT2D eigenvalue weighted by Gasteiger charge is -2.17. The van der Waals surface area contributed by atoms with Crippen LogP contribution in [0.3, 0.4) is 0 Å². The van der Waals surface area contributed by atoms with Gasteiger partial charge in [-0.1, -0.05) is 54.6 Å². The van der Waals surface area contributed by atoms with Gasteiger partial charge < -0.3 is 16.4 Å². The summed E-state index contributed by atoms with van der Waals surface area (Å²) < 4.78 is 0. The number of carbonyl (C=O) groups is 1. The van der Waals surface area contributed by atoms with Gasteiger partial charge in [-0.3, -0.25) is 14.9 Å². The molecule has 1 amide bonds. The third-order valence-corrected chi connectivity index (χ3v) is 5.54. The molecule has 2 heterocycles. The molecule has 36 heavy (non-hydrogen) atoms. The highest BCUT2D eigenvalue weighted by molar-refractivity contribution is 5.75. The number of benzene rings is 2. The van der Waals surface area contributed by atoms with Gasteiger partial charge in [0.05, 0.1) is 10.6 Å². The third-order valence-electron chi connectivity index (χ3n) is 5.54. The Morgan fingerprint density at radius 2 is 1.64 bits per heavy atom. The fourth-order valence-corrected chi connectivity index (χ4v) is 3.77. The van der Waals surface area contributed by atoms with Gasteiger partial charge in [0.1, 0.15) is 12.0 Å². The maximum atomic E-state index is 11.7. The SMILES string of the molecule is NC(=O)CC(c1ccccc1)c1ccc(-c2ccnc(NCCNc3ccc([N+](=O)[O-])cn3)n2)cc1. The molecule has 4 aromatic rings. The highest BCUT2D eigenvalue weighted by Crippen LogP contribution is 2.29. The highest BCUT2D eigenvalue weighted by atomic mass is 16.6. The fraction of sp³-hybridized carbons (Fsp3) is 0.154. The summed E-state index contributed by atoms with van der Waals surface area (Å²) in [5.74, 6) is 0.560.